The Hall–Kier alpha value is -2.93. The van der Waals surface area contributed by atoms with E-state index in [-0.39, 0.29) is 18.4 Å². The lowest BCUT2D eigenvalue weighted by Gasteiger charge is -2.32. The van der Waals surface area contributed by atoms with E-state index in [4.69, 9.17) is 4.74 Å². The van der Waals surface area contributed by atoms with Crippen LogP contribution in [0.25, 0.3) is 0 Å². The van der Waals surface area contributed by atoms with Gasteiger partial charge in [-0.15, -0.1) is 0 Å². The van der Waals surface area contributed by atoms with Crippen LogP contribution in [0.3, 0.4) is 0 Å². The molecule has 2 unspecified atom stereocenters. The summed E-state index contributed by atoms with van der Waals surface area (Å²) in [5.74, 6) is -0.373. The summed E-state index contributed by atoms with van der Waals surface area (Å²) in [5, 5.41) is 10.3. The van der Waals surface area contributed by atoms with Crippen molar-refractivity contribution in [2.75, 3.05) is 13.2 Å². The van der Waals surface area contributed by atoms with Crippen molar-refractivity contribution in [1.29, 1.82) is 0 Å². The number of allylic oxidation sites excluding steroid dienone is 1. The summed E-state index contributed by atoms with van der Waals surface area (Å²) in [6, 6.07) is 9.41. The minimum absolute atomic E-state index is 0.169. The molecule has 2 amide bonds. The maximum atomic E-state index is 13.1. The fraction of sp³-hybridized carbons (Fsp3) is 0.409. The molecule has 2 atom stereocenters. The van der Waals surface area contributed by atoms with E-state index in [0.717, 1.165) is 5.56 Å². The largest absolute Gasteiger partial charge is 0.368 e. The van der Waals surface area contributed by atoms with Gasteiger partial charge in [0, 0.05) is 24.5 Å². The van der Waals surface area contributed by atoms with Crippen LogP contribution < -0.4 is 10.6 Å². The van der Waals surface area contributed by atoms with Crippen molar-refractivity contribution in [1.82, 2.24) is 20.4 Å². The average Bonchev–Trinajstić information content (AvgIpc) is 3.20. The first kappa shape index (κ1) is 20.8. The highest BCUT2D eigenvalue weighted by molar-refractivity contribution is 5.96. The Kier molecular flexibility index (Phi) is 6.82. The van der Waals surface area contributed by atoms with Crippen LogP contribution in [0.15, 0.2) is 54.9 Å². The van der Waals surface area contributed by atoms with Gasteiger partial charge in [0.1, 0.15) is 6.10 Å². The van der Waals surface area contributed by atoms with Gasteiger partial charge < -0.3 is 15.4 Å². The number of benzene rings is 1. The Morgan fingerprint density at radius 3 is 2.86 bits per heavy atom. The molecule has 154 valence electrons. The highest BCUT2D eigenvalue weighted by atomic mass is 16.5. The third-order valence-electron chi connectivity index (χ3n) is 4.93. The summed E-state index contributed by atoms with van der Waals surface area (Å²) in [7, 11) is 0. The van der Waals surface area contributed by atoms with Crippen LogP contribution in [-0.4, -0.2) is 46.4 Å². The lowest BCUT2D eigenvalue weighted by molar-refractivity contribution is -0.132. The van der Waals surface area contributed by atoms with Gasteiger partial charge in [0.2, 0.25) is 5.91 Å². The molecule has 0 bridgehead atoms. The summed E-state index contributed by atoms with van der Waals surface area (Å²) in [6.45, 7) is 4.78. The predicted octanol–water partition coefficient (Wildman–Crippen LogP) is 2.10. The second kappa shape index (κ2) is 9.52. The van der Waals surface area contributed by atoms with Crippen LogP contribution in [0.2, 0.25) is 0 Å². The molecule has 3 rings (SSSR count). The normalized spacial score (nSPS) is 25.1. The first-order chi connectivity index (χ1) is 14.0. The maximum Gasteiger partial charge on any atom is 0.252 e. The topological polar surface area (TPSA) is 85.2 Å². The van der Waals surface area contributed by atoms with Gasteiger partial charge in [-0.05, 0) is 44.4 Å². The van der Waals surface area contributed by atoms with Crippen molar-refractivity contribution in [2.45, 2.75) is 44.9 Å². The van der Waals surface area contributed by atoms with E-state index in [1.165, 1.54) is 0 Å². The molecule has 29 heavy (non-hydrogen) atoms. The Morgan fingerprint density at radius 1 is 1.24 bits per heavy atom. The Balaban J connectivity index is 1.88. The van der Waals surface area contributed by atoms with E-state index in [0.29, 0.717) is 31.6 Å². The highest BCUT2D eigenvalue weighted by Crippen LogP contribution is 2.14. The molecular weight excluding hydrogens is 368 g/mol. The standard InChI is InChI=1S/C22H28N4O3/c1-17-20(27)23-15-22(2,16-26-13-8-12-24-26)25-21(28)19-11-6-5-10-18(19)9-4-3-7-14-29-17/h3-6,8,10-13,17H,7,9,14-16H2,1-2H3,(H,23,27)(H,25,28)/b4-3+. The molecule has 0 spiro atoms. The first-order valence-corrected chi connectivity index (χ1v) is 9.89. The van der Waals surface area contributed by atoms with E-state index in [2.05, 4.69) is 15.7 Å². The first-order valence-electron chi connectivity index (χ1n) is 9.89. The van der Waals surface area contributed by atoms with Crippen LogP contribution in [-0.2, 0) is 22.5 Å². The average molecular weight is 396 g/mol. The number of fused-ring (bicyclic) bond motifs is 1. The number of hydrogen-bond donors (Lipinski definition) is 2. The zero-order valence-corrected chi connectivity index (χ0v) is 16.9. The number of hydrogen-bond acceptors (Lipinski definition) is 4. The minimum atomic E-state index is -0.735. The SMILES string of the molecule is CC1OCC/C=C/Cc2ccccc2C(=O)NC(C)(Cn2cccn2)CNC1=O. The lowest BCUT2D eigenvalue weighted by atomic mass is 9.98. The van der Waals surface area contributed by atoms with Crippen molar-refractivity contribution in [2.24, 2.45) is 0 Å². The van der Waals surface area contributed by atoms with E-state index in [9.17, 15) is 9.59 Å². The second-order valence-corrected chi connectivity index (χ2v) is 7.57. The predicted molar refractivity (Wildman–Crippen MR) is 110 cm³/mol. The van der Waals surface area contributed by atoms with E-state index >= 15 is 0 Å². The van der Waals surface area contributed by atoms with Crippen LogP contribution >= 0.6 is 0 Å². The van der Waals surface area contributed by atoms with Gasteiger partial charge in [-0.3, -0.25) is 14.3 Å². The van der Waals surface area contributed by atoms with E-state index < -0.39 is 11.6 Å². The van der Waals surface area contributed by atoms with Crippen molar-refractivity contribution < 1.29 is 14.3 Å². The monoisotopic (exact) mass is 396 g/mol. The number of nitrogens with zero attached hydrogens (tertiary/aromatic N) is 2. The van der Waals surface area contributed by atoms with Crippen molar-refractivity contribution >= 4 is 11.8 Å². The van der Waals surface area contributed by atoms with Gasteiger partial charge in [-0.2, -0.15) is 5.10 Å². The van der Waals surface area contributed by atoms with Crippen molar-refractivity contribution in [3.05, 3.63) is 66.0 Å². The summed E-state index contributed by atoms with van der Waals surface area (Å²) < 4.78 is 7.37. The quantitative estimate of drug-likeness (QED) is 0.762. The molecule has 0 saturated heterocycles. The van der Waals surface area contributed by atoms with Gasteiger partial charge in [0.05, 0.1) is 18.7 Å². The Morgan fingerprint density at radius 2 is 2.07 bits per heavy atom. The number of amides is 2. The molecule has 0 saturated carbocycles. The molecule has 7 nitrogen and oxygen atoms in total. The molecule has 2 heterocycles. The zero-order valence-electron chi connectivity index (χ0n) is 16.9. The minimum Gasteiger partial charge on any atom is -0.368 e. The van der Waals surface area contributed by atoms with Crippen molar-refractivity contribution in [3.63, 3.8) is 0 Å². The molecule has 1 aromatic heterocycles. The molecule has 0 fully saturated rings. The number of carbonyl (C=O) groups excluding carboxylic acids is 2. The van der Waals surface area contributed by atoms with Crippen LogP contribution in [0, 0.1) is 0 Å². The van der Waals surface area contributed by atoms with Gasteiger partial charge >= 0.3 is 0 Å². The zero-order chi connectivity index (χ0) is 20.7. The van der Waals surface area contributed by atoms with Crippen LogP contribution in [0.4, 0.5) is 0 Å². The highest BCUT2D eigenvalue weighted by Gasteiger charge is 2.30. The molecule has 2 N–H and O–H groups in total. The Labute approximate surface area is 171 Å². The van der Waals surface area contributed by atoms with Gasteiger partial charge in [-0.1, -0.05) is 30.4 Å². The van der Waals surface area contributed by atoms with E-state index in [1.54, 1.807) is 17.8 Å². The summed E-state index contributed by atoms with van der Waals surface area (Å²) >= 11 is 0. The molecule has 0 aliphatic carbocycles. The van der Waals surface area contributed by atoms with Crippen LogP contribution in [0.5, 0.6) is 0 Å². The molecule has 1 aromatic carbocycles. The summed E-state index contributed by atoms with van der Waals surface area (Å²) in [4.78, 5) is 25.6. The van der Waals surface area contributed by atoms with Gasteiger partial charge in [0.15, 0.2) is 0 Å². The molecule has 1 aliphatic rings. The Bertz CT molecular complexity index is 863. The number of nitrogens with one attached hydrogen (secondary N) is 2. The second-order valence-electron chi connectivity index (χ2n) is 7.57. The van der Waals surface area contributed by atoms with Gasteiger partial charge in [0.25, 0.3) is 5.91 Å². The number of aromatic nitrogens is 2. The number of rotatable bonds is 2. The summed E-state index contributed by atoms with van der Waals surface area (Å²) in [6.07, 6.45) is 8.38. The molecule has 0 radical (unpaired) electrons. The maximum absolute atomic E-state index is 13.1. The molecule has 2 aromatic rings. The fourth-order valence-corrected chi connectivity index (χ4v) is 3.30. The number of ether oxygens (including phenoxy) is 1. The van der Waals surface area contributed by atoms with E-state index in [1.807, 2.05) is 55.6 Å². The van der Waals surface area contributed by atoms with Crippen molar-refractivity contribution in [3.8, 4) is 0 Å². The smallest absolute Gasteiger partial charge is 0.252 e. The molecule has 7 heteroatoms. The fourth-order valence-electron chi connectivity index (χ4n) is 3.30. The lowest BCUT2D eigenvalue weighted by Crippen LogP contribution is -2.57. The summed E-state index contributed by atoms with van der Waals surface area (Å²) in [5.41, 5.74) is 0.854. The number of carbonyl (C=O) groups is 2. The third kappa shape index (κ3) is 5.77. The van der Waals surface area contributed by atoms with Crippen LogP contribution in [0.1, 0.15) is 36.2 Å². The van der Waals surface area contributed by atoms with Gasteiger partial charge in [-0.25, -0.2) is 0 Å². The molecule has 1 aliphatic heterocycles. The third-order valence-corrected chi connectivity index (χ3v) is 4.93. The molecular formula is C22H28N4O3.